The Labute approximate surface area is 113 Å². The molecule has 0 N–H and O–H groups in total. The minimum atomic E-state index is -0.384. The van der Waals surface area contributed by atoms with Gasteiger partial charge in [-0.1, -0.05) is 12.1 Å². The number of hydrogen-bond acceptors (Lipinski definition) is 4. The summed E-state index contributed by atoms with van der Waals surface area (Å²) in [5.41, 5.74) is 1.27. The van der Waals surface area contributed by atoms with Crippen LogP contribution in [0.25, 0.3) is 17.2 Å². The molecule has 0 aliphatic rings. The number of carbonyl (C=O) groups is 1. The Morgan fingerprint density at radius 2 is 1.95 bits per heavy atom. The maximum atomic E-state index is 13.3. The molecule has 0 fully saturated rings. The molecular weight excluding hydrogens is 259 g/mol. The third kappa shape index (κ3) is 2.18. The lowest BCUT2D eigenvalue weighted by Crippen LogP contribution is -2.00. The van der Waals surface area contributed by atoms with Crippen LogP contribution in [0.15, 0.2) is 48.9 Å². The lowest BCUT2D eigenvalue weighted by atomic mass is 10.1. The molecule has 0 aliphatic heterocycles. The number of aromatic nitrogens is 4. The predicted molar refractivity (Wildman–Crippen MR) is 69.9 cm³/mol. The highest BCUT2D eigenvalue weighted by atomic mass is 19.1. The van der Waals surface area contributed by atoms with Gasteiger partial charge in [0.05, 0.1) is 5.56 Å². The standard InChI is InChI=1S/C14H9FN4O/c15-12-4-1-3-10(7-12)13-11(9-20)8-19(18-13)14-16-5-2-6-17-14/h1-9H. The lowest BCUT2D eigenvalue weighted by molar-refractivity contribution is 0.112. The Morgan fingerprint density at radius 1 is 1.15 bits per heavy atom. The average molecular weight is 268 g/mol. The van der Waals surface area contributed by atoms with Crippen LogP contribution in [0, 0.1) is 5.82 Å². The van der Waals surface area contributed by atoms with Crippen LogP contribution < -0.4 is 0 Å². The van der Waals surface area contributed by atoms with Gasteiger partial charge in [-0.3, -0.25) is 4.79 Å². The first-order valence-corrected chi connectivity index (χ1v) is 5.86. The van der Waals surface area contributed by atoms with E-state index in [0.29, 0.717) is 29.1 Å². The van der Waals surface area contributed by atoms with Gasteiger partial charge in [-0.25, -0.2) is 19.0 Å². The molecule has 98 valence electrons. The van der Waals surface area contributed by atoms with Gasteiger partial charge in [0.15, 0.2) is 6.29 Å². The molecule has 0 unspecified atom stereocenters. The Kier molecular flexibility index (Phi) is 3.04. The summed E-state index contributed by atoms with van der Waals surface area (Å²) >= 11 is 0. The largest absolute Gasteiger partial charge is 0.298 e. The summed E-state index contributed by atoms with van der Waals surface area (Å²) in [6.07, 6.45) is 5.34. The Bertz CT molecular complexity index is 755. The molecule has 5 nitrogen and oxygen atoms in total. The first kappa shape index (κ1) is 12.2. The maximum absolute atomic E-state index is 13.3. The van der Waals surface area contributed by atoms with E-state index in [-0.39, 0.29) is 5.82 Å². The van der Waals surface area contributed by atoms with Crippen molar-refractivity contribution >= 4 is 6.29 Å². The second-order valence-electron chi connectivity index (χ2n) is 4.05. The molecule has 0 saturated heterocycles. The van der Waals surface area contributed by atoms with Gasteiger partial charge >= 0.3 is 0 Å². The minimum Gasteiger partial charge on any atom is -0.298 e. The molecule has 2 heterocycles. The monoisotopic (exact) mass is 268 g/mol. The summed E-state index contributed by atoms with van der Waals surface area (Å²) in [6.45, 7) is 0. The fraction of sp³-hybridized carbons (Fsp3) is 0. The van der Waals surface area contributed by atoms with E-state index in [1.165, 1.54) is 23.0 Å². The summed E-state index contributed by atoms with van der Waals surface area (Å²) < 4.78 is 14.7. The van der Waals surface area contributed by atoms with E-state index in [1.54, 1.807) is 30.6 Å². The zero-order valence-corrected chi connectivity index (χ0v) is 10.3. The number of nitrogens with zero attached hydrogens (tertiary/aromatic N) is 4. The molecule has 20 heavy (non-hydrogen) atoms. The van der Waals surface area contributed by atoms with E-state index >= 15 is 0 Å². The highest BCUT2D eigenvalue weighted by molar-refractivity contribution is 5.85. The fourth-order valence-electron chi connectivity index (χ4n) is 1.85. The van der Waals surface area contributed by atoms with Gasteiger partial charge in [-0.2, -0.15) is 5.10 Å². The summed E-state index contributed by atoms with van der Waals surface area (Å²) in [6, 6.07) is 7.60. The molecule has 3 aromatic rings. The zero-order valence-electron chi connectivity index (χ0n) is 10.3. The Balaban J connectivity index is 2.13. The number of rotatable bonds is 3. The molecule has 0 amide bonds. The van der Waals surface area contributed by atoms with Crippen LogP contribution in [0.5, 0.6) is 0 Å². The fourth-order valence-corrected chi connectivity index (χ4v) is 1.85. The van der Waals surface area contributed by atoms with Crippen LogP contribution in [0.2, 0.25) is 0 Å². The molecule has 1 aromatic carbocycles. The summed E-state index contributed by atoms with van der Waals surface area (Å²) in [5.74, 6) is -0.0388. The molecule has 3 rings (SSSR count). The van der Waals surface area contributed by atoms with Crippen molar-refractivity contribution in [2.75, 3.05) is 0 Å². The number of hydrogen-bond donors (Lipinski definition) is 0. The minimum absolute atomic E-state index is 0.346. The van der Waals surface area contributed by atoms with Crippen LogP contribution in [0.1, 0.15) is 10.4 Å². The highest BCUT2D eigenvalue weighted by Gasteiger charge is 2.13. The normalized spacial score (nSPS) is 10.4. The highest BCUT2D eigenvalue weighted by Crippen LogP contribution is 2.22. The van der Waals surface area contributed by atoms with Crippen molar-refractivity contribution in [2.45, 2.75) is 0 Å². The predicted octanol–water partition coefficient (Wildman–Crippen LogP) is 2.28. The second kappa shape index (κ2) is 5.00. The number of benzene rings is 1. The molecule has 0 radical (unpaired) electrons. The van der Waals surface area contributed by atoms with Gasteiger partial charge in [0.25, 0.3) is 0 Å². The molecule has 2 aromatic heterocycles. The van der Waals surface area contributed by atoms with Crippen LogP contribution in [-0.4, -0.2) is 26.0 Å². The van der Waals surface area contributed by atoms with E-state index in [2.05, 4.69) is 15.1 Å². The van der Waals surface area contributed by atoms with Gasteiger partial charge in [-0.15, -0.1) is 0 Å². The van der Waals surface area contributed by atoms with Crippen molar-refractivity contribution in [2.24, 2.45) is 0 Å². The molecule has 0 atom stereocenters. The zero-order chi connectivity index (χ0) is 13.9. The third-order valence-corrected chi connectivity index (χ3v) is 2.72. The number of aldehydes is 1. The number of carbonyl (C=O) groups excluding carboxylic acids is 1. The molecule has 0 saturated carbocycles. The van der Waals surface area contributed by atoms with Crippen molar-refractivity contribution in [3.8, 4) is 17.2 Å². The second-order valence-corrected chi connectivity index (χ2v) is 4.05. The van der Waals surface area contributed by atoms with Crippen LogP contribution in [0.4, 0.5) is 4.39 Å². The SMILES string of the molecule is O=Cc1cn(-c2ncccn2)nc1-c1cccc(F)c1. The van der Waals surface area contributed by atoms with Gasteiger partial charge in [0.1, 0.15) is 11.5 Å². The quantitative estimate of drug-likeness (QED) is 0.684. The average Bonchev–Trinajstić information content (AvgIpc) is 2.92. The summed E-state index contributed by atoms with van der Waals surface area (Å²) in [7, 11) is 0. The summed E-state index contributed by atoms with van der Waals surface area (Å²) in [4.78, 5) is 19.2. The molecular formula is C14H9FN4O. The van der Waals surface area contributed by atoms with Crippen LogP contribution >= 0.6 is 0 Å². The van der Waals surface area contributed by atoms with E-state index in [1.807, 2.05) is 0 Å². The van der Waals surface area contributed by atoms with Gasteiger partial charge < -0.3 is 0 Å². The van der Waals surface area contributed by atoms with Crippen molar-refractivity contribution in [1.82, 2.24) is 19.7 Å². The molecule has 6 heteroatoms. The van der Waals surface area contributed by atoms with Crippen molar-refractivity contribution in [3.05, 3.63) is 60.3 Å². The van der Waals surface area contributed by atoms with Gasteiger partial charge in [-0.05, 0) is 18.2 Å². The number of halogens is 1. The first-order valence-electron chi connectivity index (χ1n) is 5.86. The lowest BCUT2D eigenvalue weighted by Gasteiger charge is -1.98. The van der Waals surface area contributed by atoms with E-state index < -0.39 is 0 Å². The van der Waals surface area contributed by atoms with E-state index in [0.717, 1.165) is 0 Å². The Morgan fingerprint density at radius 3 is 2.65 bits per heavy atom. The van der Waals surface area contributed by atoms with Gasteiger partial charge in [0, 0.05) is 24.2 Å². The smallest absolute Gasteiger partial charge is 0.250 e. The van der Waals surface area contributed by atoms with Gasteiger partial charge in [0.2, 0.25) is 5.95 Å². The molecule has 0 bridgehead atoms. The Hall–Kier alpha value is -2.89. The van der Waals surface area contributed by atoms with Crippen molar-refractivity contribution < 1.29 is 9.18 Å². The van der Waals surface area contributed by atoms with E-state index in [9.17, 15) is 9.18 Å². The maximum Gasteiger partial charge on any atom is 0.250 e. The topological polar surface area (TPSA) is 60.7 Å². The molecule has 0 aliphatic carbocycles. The first-order chi connectivity index (χ1) is 9.78. The van der Waals surface area contributed by atoms with Crippen LogP contribution in [0.3, 0.4) is 0 Å². The van der Waals surface area contributed by atoms with Crippen LogP contribution in [-0.2, 0) is 0 Å². The summed E-state index contributed by atoms with van der Waals surface area (Å²) in [5, 5.41) is 4.26. The molecule has 0 spiro atoms. The van der Waals surface area contributed by atoms with Crippen molar-refractivity contribution in [1.29, 1.82) is 0 Å². The van der Waals surface area contributed by atoms with E-state index in [4.69, 9.17) is 0 Å². The third-order valence-electron chi connectivity index (χ3n) is 2.72. The van der Waals surface area contributed by atoms with Crippen molar-refractivity contribution in [3.63, 3.8) is 0 Å².